The van der Waals surface area contributed by atoms with E-state index in [9.17, 15) is 4.79 Å². The van der Waals surface area contributed by atoms with Crippen LogP contribution in [0, 0.1) is 0 Å². The van der Waals surface area contributed by atoms with Gasteiger partial charge in [-0.1, -0.05) is 57.9 Å². The van der Waals surface area contributed by atoms with Gasteiger partial charge in [-0.15, -0.1) is 0 Å². The lowest BCUT2D eigenvalue weighted by Gasteiger charge is -2.25. The first-order chi connectivity index (χ1) is 14.0. The number of nitrogens with one attached hydrogen (secondary N) is 1. The van der Waals surface area contributed by atoms with E-state index in [1.54, 1.807) is 0 Å². The number of anilines is 1. The summed E-state index contributed by atoms with van der Waals surface area (Å²) in [5, 5.41) is 4.48. The molecule has 0 amide bonds. The van der Waals surface area contributed by atoms with Crippen molar-refractivity contribution >= 4 is 56.5 Å². The first kappa shape index (κ1) is 22.0. The number of hydrogen-bond acceptors (Lipinski definition) is 4. The molecular weight excluding hydrogens is 474 g/mol. The van der Waals surface area contributed by atoms with Crippen LogP contribution in [0.4, 0.5) is 5.69 Å². The molecule has 3 rings (SSSR count). The molecule has 0 atom stereocenters. The average Bonchev–Trinajstić information content (AvgIpc) is 2.95. The molecule has 0 spiro atoms. The number of carbonyl (C=O) groups excluding carboxylic acids is 1. The zero-order valence-corrected chi connectivity index (χ0v) is 19.1. The first-order valence-corrected chi connectivity index (χ1v) is 11.0. The number of hydrogen-bond donors (Lipinski definition) is 1. The van der Waals surface area contributed by atoms with Crippen LogP contribution in [0.3, 0.4) is 0 Å². The van der Waals surface area contributed by atoms with Crippen LogP contribution in [0.1, 0.15) is 12.0 Å². The Labute approximate surface area is 190 Å². The van der Waals surface area contributed by atoms with Crippen molar-refractivity contribution in [2.75, 3.05) is 38.0 Å². The minimum absolute atomic E-state index is 0.204. The normalized spacial score (nSPS) is 14.9. The highest BCUT2D eigenvalue weighted by Gasteiger charge is 2.19. The predicted octanol–water partition coefficient (Wildman–Crippen LogP) is 4.55. The van der Waals surface area contributed by atoms with Crippen molar-refractivity contribution in [1.82, 2.24) is 9.80 Å². The minimum Gasteiger partial charge on any atom is -0.460 e. The SMILES string of the molecule is O=C(CN1CCCN(C(=S)Nc2ccc(Br)cc2Cl)CC1)OCc1ccccc1. The number of halogens is 2. The van der Waals surface area contributed by atoms with Crippen LogP contribution in [-0.4, -0.2) is 53.6 Å². The van der Waals surface area contributed by atoms with E-state index < -0.39 is 0 Å². The Kier molecular flexibility index (Phi) is 8.29. The number of rotatable bonds is 5. The highest BCUT2D eigenvalue weighted by molar-refractivity contribution is 9.10. The lowest BCUT2D eigenvalue weighted by Crippen LogP contribution is -2.39. The number of thiocarbonyl (C=S) groups is 1. The molecule has 29 heavy (non-hydrogen) atoms. The lowest BCUT2D eigenvalue weighted by molar-refractivity contribution is -0.146. The second kappa shape index (κ2) is 10.9. The molecule has 1 saturated heterocycles. The van der Waals surface area contributed by atoms with Gasteiger partial charge in [0.05, 0.1) is 17.3 Å². The van der Waals surface area contributed by atoms with Gasteiger partial charge in [-0.25, -0.2) is 0 Å². The summed E-state index contributed by atoms with van der Waals surface area (Å²) in [5.74, 6) is -0.204. The van der Waals surface area contributed by atoms with Crippen molar-refractivity contribution < 1.29 is 9.53 Å². The minimum atomic E-state index is -0.204. The number of esters is 1. The summed E-state index contributed by atoms with van der Waals surface area (Å²) in [6, 6.07) is 15.4. The maximum absolute atomic E-state index is 12.2. The van der Waals surface area contributed by atoms with Crippen molar-refractivity contribution in [3.05, 3.63) is 63.6 Å². The van der Waals surface area contributed by atoms with Crippen LogP contribution in [0.5, 0.6) is 0 Å². The quantitative estimate of drug-likeness (QED) is 0.484. The van der Waals surface area contributed by atoms with Gasteiger partial charge in [0.15, 0.2) is 5.11 Å². The molecule has 1 fully saturated rings. The number of benzene rings is 2. The summed E-state index contributed by atoms with van der Waals surface area (Å²) in [4.78, 5) is 16.4. The second-order valence-corrected chi connectivity index (χ2v) is 8.53. The fourth-order valence-electron chi connectivity index (χ4n) is 3.08. The van der Waals surface area contributed by atoms with E-state index in [-0.39, 0.29) is 5.97 Å². The van der Waals surface area contributed by atoms with E-state index in [2.05, 4.69) is 31.0 Å². The molecule has 154 valence electrons. The molecule has 0 radical (unpaired) electrons. The first-order valence-electron chi connectivity index (χ1n) is 9.44. The molecular formula is C21H23BrClN3O2S. The van der Waals surface area contributed by atoms with Crippen molar-refractivity contribution in [2.24, 2.45) is 0 Å². The summed E-state index contributed by atoms with van der Waals surface area (Å²) in [6.45, 7) is 3.75. The second-order valence-electron chi connectivity index (χ2n) is 6.82. The third-order valence-corrected chi connectivity index (χ3v) is 5.81. The van der Waals surface area contributed by atoms with Gasteiger partial charge in [-0.3, -0.25) is 9.69 Å². The fraction of sp³-hybridized carbons (Fsp3) is 0.333. The highest BCUT2D eigenvalue weighted by Crippen LogP contribution is 2.26. The molecule has 0 unspecified atom stereocenters. The summed E-state index contributed by atoms with van der Waals surface area (Å²) in [5.41, 5.74) is 1.77. The molecule has 1 aliphatic heterocycles. The monoisotopic (exact) mass is 495 g/mol. The molecule has 0 bridgehead atoms. The third-order valence-electron chi connectivity index (χ3n) is 4.64. The largest absolute Gasteiger partial charge is 0.460 e. The zero-order chi connectivity index (χ0) is 20.6. The maximum Gasteiger partial charge on any atom is 0.320 e. The number of nitrogens with zero attached hydrogens (tertiary/aromatic N) is 2. The smallest absolute Gasteiger partial charge is 0.320 e. The molecule has 8 heteroatoms. The summed E-state index contributed by atoms with van der Waals surface area (Å²) < 4.78 is 6.32. The van der Waals surface area contributed by atoms with E-state index in [4.69, 9.17) is 28.6 Å². The van der Waals surface area contributed by atoms with Crippen molar-refractivity contribution in [3.63, 3.8) is 0 Å². The van der Waals surface area contributed by atoms with Gasteiger partial charge in [-0.2, -0.15) is 0 Å². The van der Waals surface area contributed by atoms with E-state index in [1.807, 2.05) is 48.5 Å². The van der Waals surface area contributed by atoms with E-state index in [0.29, 0.717) is 23.3 Å². The summed E-state index contributed by atoms with van der Waals surface area (Å²) >= 11 is 15.2. The third kappa shape index (κ3) is 6.96. The van der Waals surface area contributed by atoms with Gasteiger partial charge in [0, 0.05) is 30.7 Å². The van der Waals surface area contributed by atoms with Crippen LogP contribution in [-0.2, 0) is 16.1 Å². The van der Waals surface area contributed by atoms with E-state index in [1.165, 1.54) is 0 Å². The Bertz CT molecular complexity index is 853. The highest BCUT2D eigenvalue weighted by atomic mass is 79.9. The molecule has 1 aliphatic rings. The standard InChI is InChI=1S/C21H23BrClN3O2S/c22-17-7-8-19(18(23)13-17)24-21(29)26-10-4-9-25(11-12-26)14-20(27)28-15-16-5-2-1-3-6-16/h1-3,5-8,13H,4,9-12,14-15H2,(H,24,29). The van der Waals surface area contributed by atoms with Crippen LogP contribution in [0.15, 0.2) is 53.0 Å². The predicted molar refractivity (Wildman–Crippen MR) is 124 cm³/mol. The molecule has 2 aromatic rings. The lowest BCUT2D eigenvalue weighted by atomic mass is 10.2. The molecule has 0 aromatic heterocycles. The zero-order valence-electron chi connectivity index (χ0n) is 15.9. The van der Waals surface area contributed by atoms with Gasteiger partial charge in [0.1, 0.15) is 6.61 Å². The van der Waals surface area contributed by atoms with Gasteiger partial charge in [0.2, 0.25) is 0 Å². The van der Waals surface area contributed by atoms with Crippen LogP contribution in [0.25, 0.3) is 0 Å². The van der Waals surface area contributed by atoms with E-state index >= 15 is 0 Å². The number of ether oxygens (including phenoxy) is 1. The summed E-state index contributed by atoms with van der Waals surface area (Å²) in [7, 11) is 0. The Morgan fingerprint density at radius 3 is 2.69 bits per heavy atom. The van der Waals surface area contributed by atoms with Gasteiger partial charge in [0.25, 0.3) is 0 Å². The van der Waals surface area contributed by atoms with Crippen molar-refractivity contribution in [1.29, 1.82) is 0 Å². The molecule has 1 heterocycles. The summed E-state index contributed by atoms with van der Waals surface area (Å²) in [6.07, 6.45) is 0.919. The Morgan fingerprint density at radius 1 is 1.14 bits per heavy atom. The van der Waals surface area contributed by atoms with E-state index in [0.717, 1.165) is 48.3 Å². The van der Waals surface area contributed by atoms with Crippen LogP contribution >= 0.6 is 39.7 Å². The van der Waals surface area contributed by atoms with Crippen molar-refractivity contribution in [3.8, 4) is 0 Å². The molecule has 5 nitrogen and oxygen atoms in total. The van der Waals surface area contributed by atoms with Gasteiger partial charge >= 0.3 is 5.97 Å². The Morgan fingerprint density at radius 2 is 1.93 bits per heavy atom. The average molecular weight is 497 g/mol. The molecule has 0 aliphatic carbocycles. The maximum atomic E-state index is 12.2. The van der Waals surface area contributed by atoms with Gasteiger partial charge < -0.3 is 15.0 Å². The molecule has 2 aromatic carbocycles. The Balaban J connectivity index is 1.45. The fourth-order valence-corrected chi connectivity index (χ4v) is 4.10. The topological polar surface area (TPSA) is 44.8 Å². The van der Waals surface area contributed by atoms with Crippen LogP contribution in [0.2, 0.25) is 5.02 Å². The van der Waals surface area contributed by atoms with Crippen LogP contribution < -0.4 is 5.32 Å². The molecule has 0 saturated carbocycles. The number of carbonyl (C=O) groups is 1. The molecule has 1 N–H and O–H groups in total. The van der Waals surface area contributed by atoms with Gasteiger partial charge in [-0.05, 0) is 42.4 Å². The van der Waals surface area contributed by atoms with Crippen molar-refractivity contribution in [2.45, 2.75) is 13.0 Å². The Hall–Kier alpha value is -1.67.